The number of aromatic nitrogens is 1. The maximum absolute atomic E-state index is 5.78. The Kier molecular flexibility index (Phi) is 5.51. The summed E-state index contributed by atoms with van der Waals surface area (Å²) in [6, 6.07) is 18.4. The van der Waals surface area contributed by atoms with Crippen LogP contribution in [0.5, 0.6) is 0 Å². The third kappa shape index (κ3) is 4.76. The highest BCUT2D eigenvalue weighted by atomic mass is 16.3. The highest BCUT2D eigenvalue weighted by Gasteiger charge is 2.17. The van der Waals surface area contributed by atoms with Crippen molar-refractivity contribution in [3.05, 3.63) is 72.2 Å². The molecule has 0 amide bonds. The van der Waals surface area contributed by atoms with Gasteiger partial charge in [0.15, 0.2) is 0 Å². The van der Waals surface area contributed by atoms with E-state index < -0.39 is 0 Å². The van der Waals surface area contributed by atoms with Crippen molar-refractivity contribution in [2.75, 3.05) is 38.5 Å². The van der Waals surface area contributed by atoms with E-state index in [0.717, 1.165) is 62.7 Å². The van der Waals surface area contributed by atoms with Gasteiger partial charge in [-0.3, -0.25) is 4.90 Å². The molecular formula is C22H26N4O. The largest absolute Gasteiger partial charge is 0.468 e. The second-order valence-corrected chi connectivity index (χ2v) is 7.09. The molecule has 0 radical (unpaired) electrons. The second kappa shape index (κ2) is 8.37. The summed E-state index contributed by atoms with van der Waals surface area (Å²) >= 11 is 0. The number of furan rings is 1. The van der Waals surface area contributed by atoms with E-state index in [2.05, 4.69) is 45.1 Å². The van der Waals surface area contributed by atoms with Crippen molar-refractivity contribution in [2.24, 2.45) is 0 Å². The summed E-state index contributed by atoms with van der Waals surface area (Å²) < 4.78 is 5.45. The van der Waals surface area contributed by atoms with E-state index in [1.807, 2.05) is 24.3 Å². The van der Waals surface area contributed by atoms with Crippen LogP contribution in [-0.4, -0.2) is 47.5 Å². The molecule has 27 heavy (non-hydrogen) atoms. The number of benzene rings is 1. The van der Waals surface area contributed by atoms with Crippen molar-refractivity contribution in [2.45, 2.75) is 13.0 Å². The summed E-state index contributed by atoms with van der Waals surface area (Å²) in [5.41, 5.74) is 9.17. The van der Waals surface area contributed by atoms with Crippen LogP contribution in [0.25, 0.3) is 11.3 Å². The van der Waals surface area contributed by atoms with Crippen LogP contribution < -0.4 is 5.73 Å². The van der Waals surface area contributed by atoms with E-state index in [1.165, 1.54) is 5.56 Å². The van der Waals surface area contributed by atoms with Gasteiger partial charge in [-0.05, 0) is 36.2 Å². The summed E-state index contributed by atoms with van der Waals surface area (Å²) in [5.74, 6) is 1.61. The van der Waals surface area contributed by atoms with E-state index in [1.54, 1.807) is 6.26 Å². The number of nitrogen functional groups attached to an aromatic ring is 1. The predicted molar refractivity (Wildman–Crippen MR) is 108 cm³/mol. The SMILES string of the molecule is Nc1cccc(-c2ccc(CCN3CCN(Cc4ccco4)CC3)cc2)n1. The molecule has 4 rings (SSSR count). The van der Waals surface area contributed by atoms with Gasteiger partial charge in [-0.2, -0.15) is 0 Å². The molecule has 3 aromatic rings. The lowest BCUT2D eigenvalue weighted by Gasteiger charge is -2.34. The number of piperazine rings is 1. The average molecular weight is 362 g/mol. The molecule has 2 aromatic heterocycles. The molecule has 2 N–H and O–H groups in total. The molecule has 1 aromatic carbocycles. The second-order valence-electron chi connectivity index (χ2n) is 7.09. The van der Waals surface area contributed by atoms with Gasteiger partial charge >= 0.3 is 0 Å². The molecule has 1 fully saturated rings. The Morgan fingerprint density at radius 2 is 1.67 bits per heavy atom. The summed E-state index contributed by atoms with van der Waals surface area (Å²) in [6.07, 6.45) is 2.82. The van der Waals surface area contributed by atoms with E-state index in [4.69, 9.17) is 10.2 Å². The summed E-state index contributed by atoms with van der Waals surface area (Å²) in [4.78, 5) is 9.39. The number of pyridine rings is 1. The Morgan fingerprint density at radius 1 is 0.889 bits per heavy atom. The van der Waals surface area contributed by atoms with Crippen molar-refractivity contribution < 1.29 is 4.42 Å². The smallest absolute Gasteiger partial charge is 0.124 e. The minimum absolute atomic E-state index is 0.558. The Balaban J connectivity index is 1.25. The van der Waals surface area contributed by atoms with Crippen LogP contribution in [0.3, 0.4) is 0 Å². The first-order valence-electron chi connectivity index (χ1n) is 9.55. The van der Waals surface area contributed by atoms with Gasteiger partial charge in [0.05, 0.1) is 18.5 Å². The van der Waals surface area contributed by atoms with Gasteiger partial charge in [0.2, 0.25) is 0 Å². The van der Waals surface area contributed by atoms with Crippen molar-refractivity contribution >= 4 is 5.82 Å². The van der Waals surface area contributed by atoms with Crippen LogP contribution in [0.15, 0.2) is 65.3 Å². The molecule has 0 bridgehead atoms. The number of rotatable bonds is 6. The Labute approximate surface area is 160 Å². The normalized spacial score (nSPS) is 15.9. The lowest BCUT2D eigenvalue weighted by Crippen LogP contribution is -2.46. The lowest BCUT2D eigenvalue weighted by atomic mass is 10.1. The topological polar surface area (TPSA) is 58.5 Å². The number of nitrogens with two attached hydrogens (primary N) is 1. The zero-order chi connectivity index (χ0) is 18.5. The lowest BCUT2D eigenvalue weighted by molar-refractivity contribution is 0.122. The van der Waals surface area contributed by atoms with Gasteiger partial charge in [0.1, 0.15) is 11.6 Å². The fourth-order valence-electron chi connectivity index (χ4n) is 3.54. The van der Waals surface area contributed by atoms with Crippen LogP contribution in [-0.2, 0) is 13.0 Å². The molecule has 1 aliphatic heterocycles. The van der Waals surface area contributed by atoms with Crippen molar-refractivity contribution in [3.63, 3.8) is 0 Å². The first kappa shape index (κ1) is 17.8. The Morgan fingerprint density at radius 3 is 2.37 bits per heavy atom. The number of nitrogens with zero attached hydrogens (tertiary/aromatic N) is 3. The quantitative estimate of drug-likeness (QED) is 0.729. The summed E-state index contributed by atoms with van der Waals surface area (Å²) in [5, 5.41) is 0. The molecule has 0 unspecified atom stereocenters. The highest BCUT2D eigenvalue weighted by Crippen LogP contribution is 2.19. The average Bonchev–Trinajstić information content (AvgIpc) is 3.21. The predicted octanol–water partition coefficient (Wildman–Crippen LogP) is 3.28. The van der Waals surface area contributed by atoms with Gasteiger partial charge < -0.3 is 15.1 Å². The molecule has 0 aliphatic carbocycles. The third-order valence-corrected chi connectivity index (χ3v) is 5.16. The van der Waals surface area contributed by atoms with Crippen LogP contribution in [0.1, 0.15) is 11.3 Å². The van der Waals surface area contributed by atoms with E-state index >= 15 is 0 Å². The molecule has 3 heterocycles. The van der Waals surface area contributed by atoms with Crippen LogP contribution in [0.2, 0.25) is 0 Å². The first-order valence-corrected chi connectivity index (χ1v) is 9.55. The fraction of sp³-hybridized carbons (Fsp3) is 0.318. The molecule has 5 heteroatoms. The molecule has 0 atom stereocenters. The zero-order valence-electron chi connectivity index (χ0n) is 15.6. The highest BCUT2D eigenvalue weighted by molar-refractivity contribution is 5.61. The summed E-state index contributed by atoms with van der Waals surface area (Å²) in [7, 11) is 0. The minimum atomic E-state index is 0.558. The maximum atomic E-state index is 5.78. The number of hydrogen-bond donors (Lipinski definition) is 1. The standard InChI is InChI=1S/C22H26N4O/c23-22-5-1-4-21(24-22)19-8-6-18(7-9-19)10-11-25-12-14-26(15-13-25)17-20-3-2-16-27-20/h1-9,16H,10-15,17H2,(H2,23,24). The van der Waals surface area contributed by atoms with Crippen LogP contribution >= 0.6 is 0 Å². The van der Waals surface area contributed by atoms with E-state index in [9.17, 15) is 0 Å². The number of hydrogen-bond acceptors (Lipinski definition) is 5. The Hall–Kier alpha value is -2.63. The molecule has 5 nitrogen and oxygen atoms in total. The van der Waals surface area contributed by atoms with Gasteiger partial charge in [-0.1, -0.05) is 30.3 Å². The van der Waals surface area contributed by atoms with Gasteiger partial charge in [0.25, 0.3) is 0 Å². The van der Waals surface area contributed by atoms with Crippen molar-refractivity contribution in [1.29, 1.82) is 0 Å². The van der Waals surface area contributed by atoms with Gasteiger partial charge in [0, 0.05) is 38.3 Å². The summed E-state index contributed by atoms with van der Waals surface area (Å²) in [6.45, 7) is 6.45. The van der Waals surface area contributed by atoms with E-state index in [-0.39, 0.29) is 0 Å². The van der Waals surface area contributed by atoms with Crippen LogP contribution in [0, 0.1) is 0 Å². The molecule has 0 saturated carbocycles. The molecule has 1 saturated heterocycles. The first-order chi connectivity index (χ1) is 13.3. The van der Waals surface area contributed by atoms with Crippen molar-refractivity contribution in [1.82, 2.24) is 14.8 Å². The maximum Gasteiger partial charge on any atom is 0.124 e. The van der Waals surface area contributed by atoms with Crippen LogP contribution in [0.4, 0.5) is 5.82 Å². The Bertz CT molecular complexity index is 837. The van der Waals surface area contributed by atoms with Crippen molar-refractivity contribution in [3.8, 4) is 11.3 Å². The molecular weight excluding hydrogens is 336 g/mol. The molecule has 0 spiro atoms. The number of anilines is 1. The minimum Gasteiger partial charge on any atom is -0.468 e. The van der Waals surface area contributed by atoms with Gasteiger partial charge in [-0.15, -0.1) is 0 Å². The van der Waals surface area contributed by atoms with Gasteiger partial charge in [-0.25, -0.2) is 4.98 Å². The fourth-order valence-corrected chi connectivity index (χ4v) is 3.54. The van der Waals surface area contributed by atoms with E-state index in [0.29, 0.717) is 5.82 Å². The monoisotopic (exact) mass is 362 g/mol. The zero-order valence-corrected chi connectivity index (χ0v) is 15.6. The molecule has 140 valence electrons. The third-order valence-electron chi connectivity index (χ3n) is 5.16. The molecule has 1 aliphatic rings.